The summed E-state index contributed by atoms with van der Waals surface area (Å²) >= 11 is 0. The van der Waals surface area contributed by atoms with E-state index >= 15 is 0 Å². The van der Waals surface area contributed by atoms with Crippen molar-refractivity contribution < 1.29 is 15.0 Å². The Morgan fingerprint density at radius 3 is 2.05 bits per heavy atom. The average molecular weight is 272 g/mol. The number of phenols is 2. The summed E-state index contributed by atoms with van der Waals surface area (Å²) in [7, 11) is 0. The Morgan fingerprint density at radius 2 is 1.50 bits per heavy atom. The van der Waals surface area contributed by atoms with Crippen LogP contribution in [0.3, 0.4) is 0 Å². The third-order valence-electron chi connectivity index (χ3n) is 2.86. The minimum absolute atomic E-state index is 0.136. The molecule has 1 unspecified atom stereocenters. The van der Waals surface area contributed by atoms with Crippen molar-refractivity contribution in [3.63, 3.8) is 0 Å². The molecule has 2 aromatic rings. The van der Waals surface area contributed by atoms with Crippen LogP contribution in [0.1, 0.15) is 5.56 Å². The topological polar surface area (TPSA) is 95.6 Å². The van der Waals surface area contributed by atoms with Gasteiger partial charge in [0.05, 0.1) is 6.04 Å². The van der Waals surface area contributed by atoms with E-state index in [4.69, 9.17) is 10.8 Å². The minimum atomic E-state index is -0.687. The molecule has 20 heavy (non-hydrogen) atoms. The van der Waals surface area contributed by atoms with E-state index < -0.39 is 6.04 Å². The highest BCUT2D eigenvalue weighted by molar-refractivity contribution is 5.94. The van der Waals surface area contributed by atoms with Gasteiger partial charge in [0.2, 0.25) is 5.91 Å². The highest BCUT2D eigenvalue weighted by atomic mass is 16.3. The zero-order valence-electron chi connectivity index (χ0n) is 10.8. The second kappa shape index (κ2) is 6.08. The standard InChI is InChI=1S/C15H16N2O3/c16-14(9-10-1-5-12(18)6-2-10)15(20)17-11-3-7-13(19)8-4-11/h1-8,14,18-19H,9,16H2,(H,17,20). The summed E-state index contributed by atoms with van der Waals surface area (Å²) in [4.78, 5) is 11.9. The number of amides is 1. The number of phenolic OH excluding ortho intramolecular Hbond substituents is 2. The van der Waals surface area contributed by atoms with Gasteiger partial charge in [-0.3, -0.25) is 4.79 Å². The fraction of sp³-hybridized carbons (Fsp3) is 0.133. The maximum atomic E-state index is 11.9. The Bertz CT molecular complexity index is 579. The number of aromatic hydroxyl groups is 2. The van der Waals surface area contributed by atoms with Gasteiger partial charge in [0.1, 0.15) is 11.5 Å². The molecule has 0 aliphatic carbocycles. The maximum absolute atomic E-state index is 11.9. The number of hydrogen-bond acceptors (Lipinski definition) is 4. The molecule has 0 aromatic heterocycles. The Balaban J connectivity index is 1.94. The number of carbonyl (C=O) groups is 1. The van der Waals surface area contributed by atoms with Crippen LogP contribution in [0.15, 0.2) is 48.5 Å². The van der Waals surface area contributed by atoms with Gasteiger partial charge in [-0.2, -0.15) is 0 Å². The summed E-state index contributed by atoms with van der Waals surface area (Å²) in [6, 6.07) is 12.0. The van der Waals surface area contributed by atoms with Crippen LogP contribution >= 0.6 is 0 Å². The SMILES string of the molecule is NC(Cc1ccc(O)cc1)C(=O)Nc1ccc(O)cc1. The maximum Gasteiger partial charge on any atom is 0.241 e. The normalized spacial score (nSPS) is 11.8. The molecule has 2 aromatic carbocycles. The largest absolute Gasteiger partial charge is 0.508 e. The van der Waals surface area contributed by atoms with Crippen LogP contribution in [0.25, 0.3) is 0 Å². The van der Waals surface area contributed by atoms with E-state index in [0.717, 1.165) is 5.56 Å². The van der Waals surface area contributed by atoms with Crippen molar-refractivity contribution in [3.8, 4) is 11.5 Å². The van der Waals surface area contributed by atoms with E-state index in [9.17, 15) is 9.90 Å². The number of hydrogen-bond donors (Lipinski definition) is 4. The van der Waals surface area contributed by atoms with Gasteiger partial charge in [-0.05, 0) is 48.4 Å². The van der Waals surface area contributed by atoms with E-state index in [1.54, 1.807) is 36.4 Å². The summed E-state index contributed by atoms with van der Waals surface area (Å²) in [6.07, 6.45) is 0.379. The van der Waals surface area contributed by atoms with E-state index in [-0.39, 0.29) is 17.4 Å². The van der Waals surface area contributed by atoms with Crippen LogP contribution in [0.5, 0.6) is 11.5 Å². The van der Waals surface area contributed by atoms with Crippen molar-refractivity contribution in [3.05, 3.63) is 54.1 Å². The lowest BCUT2D eigenvalue weighted by atomic mass is 10.1. The number of rotatable bonds is 4. The molecule has 0 aliphatic rings. The minimum Gasteiger partial charge on any atom is -0.508 e. The van der Waals surface area contributed by atoms with Crippen molar-refractivity contribution >= 4 is 11.6 Å². The molecule has 5 nitrogen and oxygen atoms in total. The van der Waals surface area contributed by atoms with Gasteiger partial charge < -0.3 is 21.3 Å². The van der Waals surface area contributed by atoms with Gasteiger partial charge in [0.25, 0.3) is 0 Å². The van der Waals surface area contributed by atoms with Crippen LogP contribution in [0.4, 0.5) is 5.69 Å². The fourth-order valence-electron chi connectivity index (χ4n) is 1.76. The van der Waals surface area contributed by atoms with Gasteiger partial charge >= 0.3 is 0 Å². The molecule has 1 atom stereocenters. The number of nitrogens with two attached hydrogens (primary N) is 1. The van der Waals surface area contributed by atoms with Crippen molar-refractivity contribution in [2.45, 2.75) is 12.5 Å². The van der Waals surface area contributed by atoms with E-state index in [0.29, 0.717) is 12.1 Å². The van der Waals surface area contributed by atoms with Gasteiger partial charge in [-0.1, -0.05) is 12.1 Å². The van der Waals surface area contributed by atoms with Crippen molar-refractivity contribution in [2.75, 3.05) is 5.32 Å². The first-order valence-corrected chi connectivity index (χ1v) is 6.18. The molecule has 0 bridgehead atoms. The Kier molecular flexibility index (Phi) is 4.22. The molecule has 0 heterocycles. The van der Waals surface area contributed by atoms with Gasteiger partial charge in [0.15, 0.2) is 0 Å². The molecular weight excluding hydrogens is 256 g/mol. The van der Waals surface area contributed by atoms with Crippen molar-refractivity contribution in [2.24, 2.45) is 5.73 Å². The molecule has 0 fully saturated rings. The van der Waals surface area contributed by atoms with Gasteiger partial charge in [-0.15, -0.1) is 0 Å². The van der Waals surface area contributed by atoms with E-state index in [2.05, 4.69) is 5.32 Å². The van der Waals surface area contributed by atoms with Crippen LogP contribution in [0.2, 0.25) is 0 Å². The zero-order valence-corrected chi connectivity index (χ0v) is 10.8. The predicted molar refractivity (Wildman–Crippen MR) is 76.5 cm³/mol. The predicted octanol–water partition coefficient (Wildman–Crippen LogP) is 1.61. The lowest BCUT2D eigenvalue weighted by Crippen LogP contribution is -2.37. The molecule has 104 valence electrons. The quantitative estimate of drug-likeness (QED) is 0.636. The molecule has 2 rings (SSSR count). The summed E-state index contributed by atoms with van der Waals surface area (Å²) < 4.78 is 0. The summed E-state index contributed by atoms with van der Waals surface area (Å²) in [5.41, 5.74) is 7.29. The second-order valence-electron chi connectivity index (χ2n) is 4.51. The molecule has 1 amide bonds. The molecular formula is C15H16N2O3. The van der Waals surface area contributed by atoms with Crippen LogP contribution < -0.4 is 11.1 Å². The molecule has 0 spiro atoms. The van der Waals surface area contributed by atoms with Crippen molar-refractivity contribution in [1.82, 2.24) is 0 Å². The van der Waals surface area contributed by atoms with Crippen LogP contribution in [0, 0.1) is 0 Å². The van der Waals surface area contributed by atoms with Gasteiger partial charge in [-0.25, -0.2) is 0 Å². The number of carbonyl (C=O) groups excluding carboxylic acids is 1. The fourth-order valence-corrected chi connectivity index (χ4v) is 1.76. The monoisotopic (exact) mass is 272 g/mol. The number of benzene rings is 2. The van der Waals surface area contributed by atoms with Gasteiger partial charge in [0, 0.05) is 5.69 Å². The first-order valence-electron chi connectivity index (χ1n) is 6.18. The summed E-state index contributed by atoms with van der Waals surface area (Å²) in [6.45, 7) is 0. The van der Waals surface area contributed by atoms with Crippen LogP contribution in [-0.4, -0.2) is 22.2 Å². The Hall–Kier alpha value is -2.53. The molecule has 0 aliphatic heterocycles. The third kappa shape index (κ3) is 3.73. The zero-order chi connectivity index (χ0) is 14.5. The van der Waals surface area contributed by atoms with E-state index in [1.165, 1.54) is 12.1 Å². The second-order valence-corrected chi connectivity index (χ2v) is 4.51. The smallest absolute Gasteiger partial charge is 0.241 e. The first kappa shape index (κ1) is 13.9. The summed E-state index contributed by atoms with van der Waals surface area (Å²) in [5, 5.41) is 21.0. The molecule has 0 saturated carbocycles. The highest BCUT2D eigenvalue weighted by Crippen LogP contribution is 2.15. The molecule has 5 N–H and O–H groups in total. The molecule has 5 heteroatoms. The molecule has 0 saturated heterocycles. The average Bonchev–Trinajstić information content (AvgIpc) is 2.44. The Labute approximate surface area is 116 Å². The lowest BCUT2D eigenvalue weighted by molar-refractivity contribution is -0.117. The summed E-state index contributed by atoms with van der Waals surface area (Å²) in [5.74, 6) is 0.0102. The number of anilines is 1. The molecule has 0 radical (unpaired) electrons. The first-order chi connectivity index (χ1) is 9.54. The lowest BCUT2D eigenvalue weighted by Gasteiger charge is -2.12. The Morgan fingerprint density at radius 1 is 1.00 bits per heavy atom. The van der Waals surface area contributed by atoms with Crippen LogP contribution in [-0.2, 0) is 11.2 Å². The number of nitrogens with one attached hydrogen (secondary N) is 1. The van der Waals surface area contributed by atoms with Crippen molar-refractivity contribution in [1.29, 1.82) is 0 Å². The highest BCUT2D eigenvalue weighted by Gasteiger charge is 2.14. The van der Waals surface area contributed by atoms with E-state index in [1.807, 2.05) is 0 Å². The third-order valence-corrected chi connectivity index (χ3v) is 2.86.